The van der Waals surface area contributed by atoms with Gasteiger partial charge in [-0.3, -0.25) is 0 Å². The van der Waals surface area contributed by atoms with E-state index in [2.05, 4.69) is 11.7 Å². The van der Waals surface area contributed by atoms with Gasteiger partial charge in [-0.15, -0.1) is 0 Å². The van der Waals surface area contributed by atoms with E-state index in [0.717, 1.165) is 16.9 Å². The van der Waals surface area contributed by atoms with E-state index in [1.54, 1.807) is 13.2 Å². The van der Waals surface area contributed by atoms with Crippen LogP contribution in [0.25, 0.3) is 0 Å². The second kappa shape index (κ2) is 4.45. The van der Waals surface area contributed by atoms with Crippen LogP contribution in [0, 0.1) is 0 Å². The Labute approximate surface area is 78.6 Å². The molecular weight excluding hydrogens is 162 g/mol. The molecule has 0 radical (unpaired) electrons. The molecule has 0 aromatic rings. The van der Waals surface area contributed by atoms with Gasteiger partial charge in [0.15, 0.2) is 0 Å². The average Bonchev–Trinajstić information content (AvgIpc) is 2.10. The summed E-state index contributed by atoms with van der Waals surface area (Å²) >= 11 is 0. The largest absolute Gasteiger partial charge is 0.399 e. The first kappa shape index (κ1) is 9.52. The normalized spacial score (nSPS) is 21.8. The van der Waals surface area contributed by atoms with E-state index < -0.39 is 0 Å². The van der Waals surface area contributed by atoms with Crippen LogP contribution in [-0.4, -0.2) is 12.8 Å². The predicted octanol–water partition coefficient (Wildman–Crippen LogP) is 2.62. The molecule has 0 aromatic carbocycles. The van der Waals surface area contributed by atoms with Gasteiger partial charge in [-0.25, -0.2) is 0 Å². The molecule has 1 aliphatic carbocycles. The van der Waals surface area contributed by atoms with E-state index in [9.17, 15) is 0 Å². The summed E-state index contributed by atoms with van der Waals surface area (Å²) in [5, 5.41) is 3.91. The number of rotatable bonds is 2. The summed E-state index contributed by atoms with van der Waals surface area (Å²) in [4.78, 5) is 4.74. The van der Waals surface area contributed by atoms with Crippen molar-refractivity contribution in [2.75, 3.05) is 7.11 Å². The maximum Gasteiger partial charge on any atom is 0.110 e. The second-order valence-electron chi connectivity index (χ2n) is 2.74. The molecule has 0 heterocycles. The van der Waals surface area contributed by atoms with E-state index in [0.29, 0.717) is 0 Å². The smallest absolute Gasteiger partial charge is 0.110 e. The van der Waals surface area contributed by atoms with Crippen molar-refractivity contribution in [1.29, 1.82) is 0 Å². The molecule has 2 nitrogen and oxygen atoms in total. The highest BCUT2D eigenvalue weighted by atomic mass is 16.6. The maximum absolute atomic E-state index is 4.74. The van der Waals surface area contributed by atoms with Crippen molar-refractivity contribution in [3.63, 3.8) is 0 Å². The maximum atomic E-state index is 4.74. The lowest BCUT2D eigenvalue weighted by molar-refractivity contribution is 0.214. The lowest BCUT2D eigenvalue weighted by Crippen LogP contribution is -2.02. The number of oxime groups is 1. The van der Waals surface area contributed by atoms with Crippen LogP contribution in [0.4, 0.5) is 0 Å². The Morgan fingerprint density at radius 1 is 1.46 bits per heavy atom. The molecular formula is C11H13NO. The summed E-state index contributed by atoms with van der Waals surface area (Å²) in [5.41, 5.74) is 3.02. The third-order valence-electron chi connectivity index (χ3n) is 1.67. The van der Waals surface area contributed by atoms with Crippen molar-refractivity contribution < 1.29 is 4.84 Å². The molecule has 0 spiro atoms. The number of allylic oxidation sites excluding steroid dienone is 7. The van der Waals surface area contributed by atoms with E-state index in [1.807, 2.05) is 31.2 Å². The Balaban J connectivity index is 3.01. The monoisotopic (exact) mass is 175 g/mol. The molecule has 0 saturated heterocycles. The van der Waals surface area contributed by atoms with Crippen molar-refractivity contribution in [2.24, 2.45) is 5.16 Å². The molecule has 0 aromatic heterocycles. The van der Waals surface area contributed by atoms with Gasteiger partial charge in [0, 0.05) is 5.57 Å². The van der Waals surface area contributed by atoms with Crippen LogP contribution in [0.15, 0.2) is 53.3 Å². The SMILES string of the molecule is C=C/C=C1/C=CC(C)=C/C1=N\OC. The summed E-state index contributed by atoms with van der Waals surface area (Å²) in [5.74, 6) is 0. The zero-order valence-electron chi connectivity index (χ0n) is 7.95. The standard InChI is InChI=1S/C11H13NO/c1-4-5-10-7-6-9(2)8-11(10)12-13-3/h4-8H,1H2,2-3H3/b10-5-,12-11+. The van der Waals surface area contributed by atoms with Gasteiger partial charge < -0.3 is 4.84 Å². The molecule has 0 unspecified atom stereocenters. The fraction of sp³-hybridized carbons (Fsp3) is 0.182. The molecule has 1 aliphatic rings. The first-order valence-corrected chi connectivity index (χ1v) is 4.08. The molecule has 13 heavy (non-hydrogen) atoms. The number of nitrogens with zero attached hydrogens (tertiary/aromatic N) is 1. The summed E-state index contributed by atoms with van der Waals surface area (Å²) in [6, 6.07) is 0. The predicted molar refractivity (Wildman–Crippen MR) is 55.6 cm³/mol. The molecule has 0 amide bonds. The minimum atomic E-state index is 0.836. The van der Waals surface area contributed by atoms with Gasteiger partial charge in [0.05, 0.1) is 0 Å². The topological polar surface area (TPSA) is 21.6 Å². The molecule has 0 fully saturated rings. The van der Waals surface area contributed by atoms with Gasteiger partial charge in [-0.05, 0) is 18.6 Å². The molecule has 0 bridgehead atoms. The first-order valence-electron chi connectivity index (χ1n) is 4.08. The van der Waals surface area contributed by atoms with Gasteiger partial charge in [0.25, 0.3) is 0 Å². The molecule has 0 saturated carbocycles. The van der Waals surface area contributed by atoms with E-state index in [-0.39, 0.29) is 0 Å². The third-order valence-corrected chi connectivity index (χ3v) is 1.67. The summed E-state index contributed by atoms with van der Waals surface area (Å²) in [7, 11) is 1.54. The van der Waals surface area contributed by atoms with E-state index in [4.69, 9.17) is 4.84 Å². The van der Waals surface area contributed by atoms with Crippen LogP contribution in [0.3, 0.4) is 0 Å². The first-order chi connectivity index (χ1) is 6.27. The molecule has 0 aliphatic heterocycles. The number of hydrogen-bond donors (Lipinski definition) is 0. The fourth-order valence-corrected chi connectivity index (χ4v) is 1.10. The highest BCUT2D eigenvalue weighted by molar-refractivity contribution is 6.11. The van der Waals surface area contributed by atoms with Crippen LogP contribution < -0.4 is 0 Å². The highest BCUT2D eigenvalue weighted by Crippen LogP contribution is 2.13. The van der Waals surface area contributed by atoms with Crippen LogP contribution in [0.1, 0.15) is 6.92 Å². The zero-order valence-corrected chi connectivity index (χ0v) is 7.95. The van der Waals surface area contributed by atoms with Gasteiger partial charge in [-0.1, -0.05) is 36.0 Å². The Morgan fingerprint density at radius 3 is 2.85 bits per heavy atom. The van der Waals surface area contributed by atoms with Gasteiger partial charge in [-0.2, -0.15) is 0 Å². The van der Waals surface area contributed by atoms with Gasteiger partial charge in [0.2, 0.25) is 0 Å². The van der Waals surface area contributed by atoms with Gasteiger partial charge >= 0.3 is 0 Å². The molecule has 0 N–H and O–H groups in total. The van der Waals surface area contributed by atoms with Crippen LogP contribution in [-0.2, 0) is 4.84 Å². The Morgan fingerprint density at radius 2 is 2.23 bits per heavy atom. The Bertz CT molecular complexity index is 319. The molecule has 68 valence electrons. The van der Waals surface area contributed by atoms with Crippen molar-refractivity contribution >= 4 is 5.71 Å². The summed E-state index contributed by atoms with van der Waals surface area (Å²) in [6.07, 6.45) is 9.63. The minimum Gasteiger partial charge on any atom is -0.399 e. The van der Waals surface area contributed by atoms with Crippen molar-refractivity contribution in [3.8, 4) is 0 Å². The van der Waals surface area contributed by atoms with Crippen molar-refractivity contribution in [1.82, 2.24) is 0 Å². The van der Waals surface area contributed by atoms with Crippen LogP contribution in [0.5, 0.6) is 0 Å². The van der Waals surface area contributed by atoms with E-state index in [1.165, 1.54) is 0 Å². The number of hydrogen-bond acceptors (Lipinski definition) is 2. The van der Waals surface area contributed by atoms with E-state index >= 15 is 0 Å². The third kappa shape index (κ3) is 2.44. The fourth-order valence-electron chi connectivity index (χ4n) is 1.10. The van der Waals surface area contributed by atoms with Gasteiger partial charge in [0.1, 0.15) is 12.8 Å². The summed E-state index contributed by atoms with van der Waals surface area (Å²) < 4.78 is 0. The lowest BCUT2D eigenvalue weighted by atomic mass is 10.0. The quantitative estimate of drug-likeness (QED) is 0.591. The van der Waals surface area contributed by atoms with Crippen LogP contribution >= 0.6 is 0 Å². The molecule has 0 atom stereocenters. The molecule has 2 heteroatoms. The highest BCUT2D eigenvalue weighted by Gasteiger charge is 2.05. The molecule has 1 rings (SSSR count). The Hall–Kier alpha value is -1.57. The average molecular weight is 175 g/mol. The van der Waals surface area contributed by atoms with Crippen molar-refractivity contribution in [3.05, 3.63) is 48.1 Å². The van der Waals surface area contributed by atoms with Crippen LogP contribution in [0.2, 0.25) is 0 Å². The van der Waals surface area contributed by atoms with Crippen molar-refractivity contribution in [2.45, 2.75) is 6.92 Å². The second-order valence-corrected chi connectivity index (χ2v) is 2.74. The lowest BCUT2D eigenvalue weighted by Gasteiger charge is -2.07. The minimum absolute atomic E-state index is 0.836. The zero-order chi connectivity index (χ0) is 9.68. The summed E-state index contributed by atoms with van der Waals surface area (Å²) in [6.45, 7) is 5.66. The Kier molecular flexibility index (Phi) is 3.26.